The Morgan fingerprint density at radius 2 is 1.81 bits per heavy atom. The zero-order chi connectivity index (χ0) is 18.7. The van der Waals surface area contributed by atoms with E-state index in [1.807, 2.05) is 6.07 Å². The third-order valence-corrected chi connectivity index (χ3v) is 5.54. The molecule has 2 rings (SSSR count). The Bertz CT molecular complexity index is 626. The van der Waals surface area contributed by atoms with Crippen LogP contribution >= 0.6 is 24.0 Å². The van der Waals surface area contributed by atoms with Crippen LogP contribution in [0.2, 0.25) is 0 Å². The molecule has 0 aliphatic carbocycles. The summed E-state index contributed by atoms with van der Waals surface area (Å²) >= 11 is 0. The first kappa shape index (κ1) is 22.7. The maximum Gasteiger partial charge on any atom is 0.243 e. The summed E-state index contributed by atoms with van der Waals surface area (Å²) in [7, 11) is 3.52. The van der Waals surface area contributed by atoms with Crippen LogP contribution in [-0.2, 0) is 11.2 Å². The number of nitrogens with one attached hydrogen (secondary N) is 1. The fourth-order valence-electron chi connectivity index (χ4n) is 2.88. The Morgan fingerprint density at radius 1 is 1.19 bits per heavy atom. The van der Waals surface area contributed by atoms with Gasteiger partial charge in [-0.2, -0.15) is 0 Å². The number of likely N-dealkylation sites (tertiary alicyclic amines) is 1. The molecule has 1 N–H and O–H groups in total. The molecule has 0 bridgehead atoms. The van der Waals surface area contributed by atoms with Crippen molar-refractivity contribution < 1.29 is 4.79 Å². The minimum atomic E-state index is 0. The molecule has 1 heterocycles. The lowest BCUT2D eigenvalue weighted by atomic mass is 9.65. The first-order chi connectivity index (χ1) is 11.6. The van der Waals surface area contributed by atoms with Crippen LogP contribution in [0.1, 0.15) is 33.3 Å². The topological polar surface area (TPSA) is 47.9 Å². The second-order valence-electron chi connectivity index (χ2n) is 8.12. The van der Waals surface area contributed by atoms with Crippen LogP contribution in [0.15, 0.2) is 35.3 Å². The highest BCUT2D eigenvalue weighted by Gasteiger charge is 2.53. The van der Waals surface area contributed by atoms with E-state index >= 15 is 0 Å². The van der Waals surface area contributed by atoms with E-state index in [-0.39, 0.29) is 47.4 Å². The molecular weight excluding hydrogens is 439 g/mol. The quantitative estimate of drug-likeness (QED) is 0.407. The van der Waals surface area contributed by atoms with Crippen LogP contribution in [-0.4, -0.2) is 60.9 Å². The monoisotopic (exact) mass is 472 g/mol. The number of likely N-dealkylation sites (N-methyl/N-ethyl adjacent to an activating group) is 1. The fourth-order valence-corrected chi connectivity index (χ4v) is 2.88. The Kier molecular flexibility index (Phi) is 7.92. The van der Waals surface area contributed by atoms with Crippen molar-refractivity contribution in [1.82, 2.24) is 15.1 Å². The number of benzene rings is 1. The molecule has 1 fully saturated rings. The van der Waals surface area contributed by atoms with Gasteiger partial charge < -0.3 is 15.1 Å². The first-order valence-electron chi connectivity index (χ1n) is 8.95. The fraction of sp³-hybridized carbons (Fsp3) is 0.600. The highest BCUT2D eigenvalue weighted by atomic mass is 127. The molecule has 0 unspecified atom stereocenters. The number of carbonyl (C=O) groups is 1. The lowest BCUT2D eigenvalue weighted by Gasteiger charge is -2.62. The molecule has 5 nitrogen and oxygen atoms in total. The average Bonchev–Trinajstić information content (AvgIpc) is 2.56. The zero-order valence-corrected chi connectivity index (χ0v) is 19.2. The Labute approximate surface area is 175 Å². The van der Waals surface area contributed by atoms with Crippen molar-refractivity contribution in [3.05, 3.63) is 35.9 Å². The van der Waals surface area contributed by atoms with E-state index in [0.717, 1.165) is 25.5 Å². The second kappa shape index (κ2) is 9.06. The summed E-state index contributed by atoms with van der Waals surface area (Å²) in [6, 6.07) is 10.4. The molecule has 0 aromatic heterocycles. The van der Waals surface area contributed by atoms with E-state index in [9.17, 15) is 4.79 Å². The number of guanidine groups is 1. The maximum atomic E-state index is 11.9. The molecule has 0 radical (unpaired) electrons. The zero-order valence-electron chi connectivity index (χ0n) is 16.9. The molecule has 1 aromatic carbocycles. The summed E-state index contributed by atoms with van der Waals surface area (Å²) in [4.78, 5) is 20.4. The number of amides is 1. The lowest BCUT2D eigenvalue weighted by molar-refractivity contribution is -0.127. The summed E-state index contributed by atoms with van der Waals surface area (Å²) < 4.78 is 0. The molecule has 0 spiro atoms. The predicted octanol–water partition coefficient (Wildman–Crippen LogP) is 3.00. The summed E-state index contributed by atoms with van der Waals surface area (Å²) in [5.41, 5.74) is 1.52. The lowest BCUT2D eigenvalue weighted by Crippen LogP contribution is -2.72. The molecule has 26 heavy (non-hydrogen) atoms. The van der Waals surface area contributed by atoms with Gasteiger partial charge in [-0.1, -0.05) is 44.2 Å². The Hall–Kier alpha value is -1.31. The first-order valence-corrected chi connectivity index (χ1v) is 8.95. The van der Waals surface area contributed by atoms with E-state index in [1.54, 1.807) is 19.0 Å². The number of hydrogen-bond donors (Lipinski definition) is 1. The number of aliphatic imine (C=N–C) groups is 1. The van der Waals surface area contributed by atoms with Crippen molar-refractivity contribution in [2.75, 3.05) is 33.7 Å². The summed E-state index contributed by atoms with van der Waals surface area (Å²) in [5.74, 6) is 0.843. The van der Waals surface area contributed by atoms with E-state index in [4.69, 9.17) is 0 Å². The van der Waals surface area contributed by atoms with Crippen LogP contribution in [0.4, 0.5) is 0 Å². The van der Waals surface area contributed by atoms with Gasteiger partial charge >= 0.3 is 0 Å². The second-order valence-corrected chi connectivity index (χ2v) is 8.12. The smallest absolute Gasteiger partial charge is 0.243 e. The molecule has 0 saturated carbocycles. The van der Waals surface area contributed by atoms with Gasteiger partial charge in [-0.05, 0) is 25.8 Å². The summed E-state index contributed by atoms with van der Waals surface area (Å²) in [5, 5.41) is 3.46. The molecule has 6 heteroatoms. The molecule has 1 amide bonds. The van der Waals surface area contributed by atoms with E-state index < -0.39 is 0 Å². The van der Waals surface area contributed by atoms with Gasteiger partial charge in [-0.3, -0.25) is 4.79 Å². The van der Waals surface area contributed by atoms with Gasteiger partial charge in [-0.25, -0.2) is 4.99 Å². The van der Waals surface area contributed by atoms with Gasteiger partial charge in [0.1, 0.15) is 6.54 Å². The van der Waals surface area contributed by atoms with Crippen molar-refractivity contribution >= 4 is 35.8 Å². The maximum absolute atomic E-state index is 11.9. The van der Waals surface area contributed by atoms with Crippen LogP contribution in [0.5, 0.6) is 0 Å². The molecular formula is C20H33IN4O. The number of rotatable bonds is 5. The highest BCUT2D eigenvalue weighted by Crippen LogP contribution is 2.46. The van der Waals surface area contributed by atoms with Crippen molar-refractivity contribution in [3.63, 3.8) is 0 Å². The number of halogens is 1. The van der Waals surface area contributed by atoms with Gasteiger partial charge in [0.25, 0.3) is 0 Å². The molecule has 1 aromatic rings. The highest BCUT2D eigenvalue weighted by molar-refractivity contribution is 14.0. The van der Waals surface area contributed by atoms with Crippen molar-refractivity contribution in [1.29, 1.82) is 0 Å². The van der Waals surface area contributed by atoms with Crippen molar-refractivity contribution in [2.24, 2.45) is 10.4 Å². The van der Waals surface area contributed by atoms with Crippen LogP contribution in [0, 0.1) is 5.41 Å². The van der Waals surface area contributed by atoms with E-state index in [2.05, 4.69) is 67.2 Å². The van der Waals surface area contributed by atoms with Gasteiger partial charge in [0, 0.05) is 38.1 Å². The van der Waals surface area contributed by atoms with E-state index in [1.165, 1.54) is 5.56 Å². The average molecular weight is 472 g/mol. The predicted molar refractivity (Wildman–Crippen MR) is 119 cm³/mol. The van der Waals surface area contributed by atoms with Crippen LogP contribution in [0.25, 0.3) is 0 Å². The standard InChI is InChI=1S/C20H32N4O.HI/c1-19(2)15-24(20(19,3)4)18(22-14-17(25)23(5)6)21-13-12-16-10-8-7-9-11-16;/h7-11H,12-15H2,1-6H3,(H,21,22);1H. The Morgan fingerprint density at radius 3 is 2.31 bits per heavy atom. The number of carbonyl (C=O) groups excluding carboxylic acids is 1. The summed E-state index contributed by atoms with van der Waals surface area (Å²) in [6.45, 7) is 10.9. The van der Waals surface area contributed by atoms with E-state index in [0.29, 0.717) is 0 Å². The number of nitrogens with zero attached hydrogens (tertiary/aromatic N) is 3. The SMILES string of the molecule is CN(C)C(=O)CN=C(NCCc1ccccc1)N1CC(C)(C)C1(C)C.I. The van der Waals surface area contributed by atoms with Crippen molar-refractivity contribution in [2.45, 2.75) is 39.7 Å². The van der Waals surface area contributed by atoms with Crippen LogP contribution in [0.3, 0.4) is 0 Å². The minimum absolute atomic E-state index is 0. The van der Waals surface area contributed by atoms with Gasteiger partial charge in [-0.15, -0.1) is 24.0 Å². The molecule has 0 atom stereocenters. The van der Waals surface area contributed by atoms with Gasteiger partial charge in [0.2, 0.25) is 5.91 Å². The van der Waals surface area contributed by atoms with Gasteiger partial charge in [0.05, 0.1) is 0 Å². The third kappa shape index (κ3) is 5.11. The van der Waals surface area contributed by atoms with Crippen molar-refractivity contribution in [3.8, 4) is 0 Å². The molecule has 1 saturated heterocycles. The summed E-state index contributed by atoms with van der Waals surface area (Å²) in [6.07, 6.45) is 0.930. The Balaban J connectivity index is 0.00000338. The molecule has 1 aliphatic heterocycles. The van der Waals surface area contributed by atoms with Gasteiger partial charge in [0.15, 0.2) is 5.96 Å². The number of hydrogen-bond acceptors (Lipinski definition) is 2. The third-order valence-electron chi connectivity index (χ3n) is 5.54. The molecule has 1 aliphatic rings. The largest absolute Gasteiger partial charge is 0.356 e. The normalized spacial score (nSPS) is 17.8. The minimum Gasteiger partial charge on any atom is -0.356 e. The van der Waals surface area contributed by atoms with Crippen LogP contribution < -0.4 is 5.32 Å². The molecule has 146 valence electrons.